The van der Waals surface area contributed by atoms with E-state index in [1.54, 1.807) is 12.1 Å². The molecule has 0 aliphatic carbocycles. The van der Waals surface area contributed by atoms with Gasteiger partial charge in [0, 0.05) is 18.5 Å². The molecule has 0 aromatic heterocycles. The third kappa shape index (κ3) is 6.99. The van der Waals surface area contributed by atoms with E-state index in [0.717, 1.165) is 43.9 Å². The van der Waals surface area contributed by atoms with Gasteiger partial charge in [0.2, 0.25) is 0 Å². The fourth-order valence-corrected chi connectivity index (χ4v) is 3.23. The molecule has 1 aromatic carbocycles. The summed E-state index contributed by atoms with van der Waals surface area (Å²) in [6.07, 6.45) is -3.28. The molecule has 1 fully saturated rings. The number of quaternary nitrogens is 1. The molecule has 5 nitrogen and oxygen atoms in total. The second kappa shape index (κ2) is 9.89. The summed E-state index contributed by atoms with van der Waals surface area (Å²) in [6.45, 7) is 4.63. The molecule has 1 heterocycles. The molecule has 0 bridgehead atoms. The Balaban J connectivity index is 1.70. The molecule has 27 heavy (non-hydrogen) atoms. The Labute approximate surface area is 162 Å². The lowest BCUT2D eigenvalue weighted by Crippen LogP contribution is -3.13. The van der Waals surface area contributed by atoms with Crippen molar-refractivity contribution < 1.29 is 27.6 Å². The van der Waals surface area contributed by atoms with Crippen LogP contribution in [0.25, 0.3) is 0 Å². The van der Waals surface area contributed by atoms with E-state index in [2.05, 4.69) is 15.0 Å². The van der Waals surface area contributed by atoms with Crippen LogP contribution in [-0.2, 0) is 22.3 Å². The molecular weight excluding hydrogens is 379 g/mol. The molecule has 0 atom stereocenters. The minimum absolute atomic E-state index is 0.233. The highest BCUT2D eigenvalue weighted by molar-refractivity contribution is 7.80. The van der Waals surface area contributed by atoms with Gasteiger partial charge in [0.25, 0.3) is 0 Å². The SMILES string of the molecule is COC(=O)CCCNC(=S)N1CC[NH+](Cc2ccc(C(F)(F)F)cc2)CC1. The smallest absolute Gasteiger partial charge is 0.416 e. The minimum atomic E-state index is -4.30. The fraction of sp³-hybridized carbons (Fsp3) is 0.556. The van der Waals surface area contributed by atoms with E-state index < -0.39 is 11.7 Å². The molecular formula is C18H25F3N3O2S+. The maximum atomic E-state index is 12.6. The molecule has 0 radical (unpaired) electrons. The molecule has 2 rings (SSSR count). The number of nitrogens with one attached hydrogen (secondary N) is 2. The van der Waals surface area contributed by atoms with Crippen LogP contribution >= 0.6 is 12.2 Å². The zero-order valence-electron chi connectivity index (χ0n) is 15.3. The summed E-state index contributed by atoms with van der Waals surface area (Å²) in [5.74, 6) is -0.233. The second-order valence-electron chi connectivity index (χ2n) is 6.52. The van der Waals surface area contributed by atoms with Crippen LogP contribution in [0.2, 0.25) is 0 Å². The zero-order chi connectivity index (χ0) is 19.9. The Hall–Kier alpha value is -1.87. The molecule has 1 aliphatic rings. The van der Waals surface area contributed by atoms with Crippen molar-refractivity contribution in [3.63, 3.8) is 0 Å². The van der Waals surface area contributed by atoms with Gasteiger partial charge in [0.05, 0.1) is 38.9 Å². The van der Waals surface area contributed by atoms with E-state index in [1.165, 1.54) is 12.0 Å². The number of hydrogen-bond donors (Lipinski definition) is 2. The van der Waals surface area contributed by atoms with Gasteiger partial charge in [-0.25, -0.2) is 0 Å². The van der Waals surface area contributed by atoms with E-state index in [1.807, 2.05) is 0 Å². The van der Waals surface area contributed by atoms with E-state index in [-0.39, 0.29) is 5.97 Å². The van der Waals surface area contributed by atoms with Crippen LogP contribution < -0.4 is 10.2 Å². The molecule has 0 spiro atoms. The standard InChI is InChI=1S/C18H24F3N3O2S/c1-26-16(25)3-2-8-22-17(27)24-11-9-23(10-12-24)13-14-4-6-15(7-5-14)18(19,20)21/h4-7H,2-3,8-13H2,1H3,(H,22,27)/p+1. The molecule has 0 saturated carbocycles. The first-order valence-corrected chi connectivity index (χ1v) is 9.29. The number of piperazine rings is 1. The lowest BCUT2D eigenvalue weighted by atomic mass is 10.1. The van der Waals surface area contributed by atoms with Crippen LogP contribution in [-0.4, -0.2) is 55.8 Å². The highest BCUT2D eigenvalue weighted by Gasteiger charge is 2.30. The van der Waals surface area contributed by atoms with E-state index in [9.17, 15) is 18.0 Å². The van der Waals surface area contributed by atoms with Gasteiger partial charge >= 0.3 is 12.1 Å². The van der Waals surface area contributed by atoms with Gasteiger partial charge < -0.3 is 19.9 Å². The van der Waals surface area contributed by atoms with Gasteiger partial charge in [0.1, 0.15) is 6.54 Å². The first-order valence-electron chi connectivity index (χ1n) is 8.89. The van der Waals surface area contributed by atoms with Crippen LogP contribution in [0.15, 0.2) is 24.3 Å². The van der Waals surface area contributed by atoms with Crippen molar-refractivity contribution in [1.82, 2.24) is 10.2 Å². The van der Waals surface area contributed by atoms with Crippen molar-refractivity contribution in [2.45, 2.75) is 25.6 Å². The summed E-state index contributed by atoms with van der Waals surface area (Å²) in [5.41, 5.74) is 0.282. The maximum absolute atomic E-state index is 12.6. The molecule has 1 aromatic rings. The Kier molecular flexibility index (Phi) is 7.85. The number of esters is 1. The minimum Gasteiger partial charge on any atom is -0.469 e. The van der Waals surface area contributed by atoms with Crippen LogP contribution in [0.3, 0.4) is 0 Å². The maximum Gasteiger partial charge on any atom is 0.416 e. The van der Waals surface area contributed by atoms with Crippen molar-refractivity contribution in [3.8, 4) is 0 Å². The molecule has 0 unspecified atom stereocenters. The van der Waals surface area contributed by atoms with Gasteiger partial charge in [-0.05, 0) is 30.8 Å². The van der Waals surface area contributed by atoms with Gasteiger partial charge in [-0.3, -0.25) is 4.79 Å². The predicted molar refractivity (Wildman–Crippen MR) is 99.3 cm³/mol. The molecule has 9 heteroatoms. The molecule has 1 saturated heterocycles. The van der Waals surface area contributed by atoms with Gasteiger partial charge in [-0.1, -0.05) is 12.1 Å². The number of benzene rings is 1. The number of halogens is 3. The number of nitrogens with zero attached hydrogens (tertiary/aromatic N) is 1. The zero-order valence-corrected chi connectivity index (χ0v) is 16.1. The number of carbonyl (C=O) groups is 1. The van der Waals surface area contributed by atoms with Gasteiger partial charge in [-0.15, -0.1) is 0 Å². The van der Waals surface area contributed by atoms with E-state index >= 15 is 0 Å². The lowest BCUT2D eigenvalue weighted by molar-refractivity contribution is -0.917. The average molecular weight is 404 g/mol. The van der Waals surface area contributed by atoms with Crippen LogP contribution in [0.1, 0.15) is 24.0 Å². The van der Waals surface area contributed by atoms with Crippen LogP contribution in [0.4, 0.5) is 13.2 Å². The van der Waals surface area contributed by atoms with Crippen molar-refractivity contribution in [2.75, 3.05) is 39.8 Å². The average Bonchev–Trinajstić information content (AvgIpc) is 2.65. The molecule has 150 valence electrons. The number of methoxy groups -OCH3 is 1. The molecule has 0 amide bonds. The second-order valence-corrected chi connectivity index (χ2v) is 6.91. The quantitative estimate of drug-likeness (QED) is 0.424. The highest BCUT2D eigenvalue weighted by Crippen LogP contribution is 2.28. The van der Waals surface area contributed by atoms with Crippen molar-refractivity contribution in [3.05, 3.63) is 35.4 Å². The highest BCUT2D eigenvalue weighted by atomic mass is 32.1. The molecule has 1 aliphatic heterocycles. The molecule has 2 N–H and O–H groups in total. The Morgan fingerprint density at radius 3 is 2.44 bits per heavy atom. The first kappa shape index (κ1) is 21.4. The Morgan fingerprint density at radius 2 is 1.89 bits per heavy atom. The summed E-state index contributed by atoms with van der Waals surface area (Å²) in [5, 5.41) is 3.82. The fourth-order valence-electron chi connectivity index (χ4n) is 2.94. The van der Waals surface area contributed by atoms with E-state index in [4.69, 9.17) is 12.2 Å². The summed E-state index contributed by atoms with van der Waals surface area (Å²) < 4.78 is 42.4. The van der Waals surface area contributed by atoms with Crippen molar-refractivity contribution >= 4 is 23.3 Å². The number of hydrogen-bond acceptors (Lipinski definition) is 3. The topological polar surface area (TPSA) is 46.0 Å². The number of thiocarbonyl (C=S) groups is 1. The van der Waals surface area contributed by atoms with Crippen molar-refractivity contribution in [2.24, 2.45) is 0 Å². The third-order valence-electron chi connectivity index (χ3n) is 4.55. The number of rotatable bonds is 6. The first-order chi connectivity index (χ1) is 12.8. The normalized spacial score (nSPS) is 15.5. The van der Waals surface area contributed by atoms with Gasteiger partial charge in [0.15, 0.2) is 5.11 Å². The monoisotopic (exact) mass is 404 g/mol. The number of alkyl halides is 3. The number of carbonyl (C=O) groups excluding carboxylic acids is 1. The third-order valence-corrected chi connectivity index (χ3v) is 4.96. The van der Waals surface area contributed by atoms with Crippen LogP contribution in [0, 0.1) is 0 Å². The summed E-state index contributed by atoms with van der Waals surface area (Å²) in [6, 6.07) is 5.38. The summed E-state index contributed by atoms with van der Waals surface area (Å²) >= 11 is 5.38. The summed E-state index contributed by atoms with van der Waals surface area (Å²) in [7, 11) is 1.37. The largest absolute Gasteiger partial charge is 0.469 e. The van der Waals surface area contributed by atoms with Crippen molar-refractivity contribution in [1.29, 1.82) is 0 Å². The number of ether oxygens (including phenoxy) is 1. The van der Waals surface area contributed by atoms with Crippen LogP contribution in [0.5, 0.6) is 0 Å². The Morgan fingerprint density at radius 1 is 1.26 bits per heavy atom. The predicted octanol–water partition coefficient (Wildman–Crippen LogP) is 1.23. The summed E-state index contributed by atoms with van der Waals surface area (Å²) in [4.78, 5) is 14.5. The van der Waals surface area contributed by atoms with Gasteiger partial charge in [-0.2, -0.15) is 13.2 Å². The van der Waals surface area contributed by atoms with E-state index in [0.29, 0.717) is 31.0 Å². The Bertz CT molecular complexity index is 630. The lowest BCUT2D eigenvalue weighted by Gasteiger charge is -2.34.